The van der Waals surface area contributed by atoms with E-state index in [1.165, 1.54) is 0 Å². The quantitative estimate of drug-likeness (QED) is 0.735. The smallest absolute Gasteiger partial charge is 0.335 e. The second kappa shape index (κ2) is 7.73. The van der Waals surface area contributed by atoms with Crippen LogP contribution in [0, 0.1) is 0 Å². The molecule has 2 rings (SSSR count). The van der Waals surface area contributed by atoms with Crippen LogP contribution in [0.2, 0.25) is 0 Å². The summed E-state index contributed by atoms with van der Waals surface area (Å²) in [4.78, 5) is 10.8. The molecule has 116 valence electrons. The number of benzene rings is 2. The van der Waals surface area contributed by atoms with Crippen molar-refractivity contribution in [3.8, 4) is 0 Å². The molecule has 2 atom stereocenters. The Balaban J connectivity index is 1.82. The molecule has 0 fully saturated rings. The Labute approximate surface area is 130 Å². The van der Waals surface area contributed by atoms with Gasteiger partial charge in [-0.15, -0.1) is 0 Å². The Bertz CT molecular complexity index is 595. The topological polar surface area (TPSA) is 69.6 Å². The fraction of sp³-hybridized carbons (Fsp3) is 0.278. The van der Waals surface area contributed by atoms with E-state index < -0.39 is 12.1 Å². The zero-order valence-corrected chi connectivity index (χ0v) is 12.6. The van der Waals surface area contributed by atoms with E-state index in [1.807, 2.05) is 49.4 Å². The van der Waals surface area contributed by atoms with Gasteiger partial charge in [0, 0.05) is 12.6 Å². The van der Waals surface area contributed by atoms with E-state index in [1.54, 1.807) is 12.1 Å². The lowest BCUT2D eigenvalue weighted by Gasteiger charge is -2.17. The number of rotatable bonds is 7. The molecule has 0 aromatic heterocycles. The molecule has 0 unspecified atom stereocenters. The molecule has 0 aliphatic heterocycles. The van der Waals surface area contributed by atoms with Gasteiger partial charge in [0.1, 0.15) is 0 Å². The first-order chi connectivity index (χ1) is 10.6. The van der Waals surface area contributed by atoms with Crippen LogP contribution in [0.1, 0.15) is 34.5 Å². The summed E-state index contributed by atoms with van der Waals surface area (Å²) in [6.07, 6.45) is 0.250. The van der Waals surface area contributed by atoms with E-state index in [0.29, 0.717) is 12.1 Å². The van der Waals surface area contributed by atoms with Gasteiger partial charge in [0.15, 0.2) is 0 Å². The Morgan fingerprint density at radius 3 is 2.32 bits per heavy atom. The standard InChI is InChI=1S/C18H21NO3/c1-13(11-14-7-9-16(10-8-14)18(21)22)19-12-17(20)15-5-3-2-4-6-15/h2-10,13,17,19-20H,11-12H2,1H3,(H,21,22)/t13-,17+/m1/s1. The average molecular weight is 299 g/mol. The van der Waals surface area contributed by atoms with Gasteiger partial charge in [-0.05, 0) is 36.6 Å². The van der Waals surface area contributed by atoms with Gasteiger partial charge in [0.2, 0.25) is 0 Å². The maximum atomic E-state index is 10.8. The van der Waals surface area contributed by atoms with Crippen LogP contribution < -0.4 is 5.32 Å². The number of aliphatic hydroxyl groups excluding tert-OH is 1. The summed E-state index contributed by atoms with van der Waals surface area (Å²) in [7, 11) is 0. The highest BCUT2D eigenvalue weighted by Gasteiger charge is 2.10. The highest BCUT2D eigenvalue weighted by Crippen LogP contribution is 2.12. The Morgan fingerprint density at radius 2 is 1.73 bits per heavy atom. The fourth-order valence-corrected chi connectivity index (χ4v) is 2.31. The van der Waals surface area contributed by atoms with E-state index in [-0.39, 0.29) is 6.04 Å². The second-order valence-electron chi connectivity index (χ2n) is 5.44. The van der Waals surface area contributed by atoms with Gasteiger partial charge in [0.25, 0.3) is 0 Å². The predicted octanol–water partition coefficient (Wildman–Crippen LogP) is 2.64. The first-order valence-electron chi connectivity index (χ1n) is 7.35. The second-order valence-corrected chi connectivity index (χ2v) is 5.44. The third kappa shape index (κ3) is 4.69. The highest BCUT2D eigenvalue weighted by atomic mass is 16.4. The van der Waals surface area contributed by atoms with Crippen molar-refractivity contribution in [2.75, 3.05) is 6.54 Å². The number of aromatic carboxylic acids is 1. The summed E-state index contributed by atoms with van der Waals surface area (Å²) < 4.78 is 0. The minimum absolute atomic E-state index is 0.189. The normalized spacial score (nSPS) is 13.5. The zero-order chi connectivity index (χ0) is 15.9. The molecule has 0 spiro atoms. The van der Waals surface area contributed by atoms with Crippen LogP contribution >= 0.6 is 0 Å². The highest BCUT2D eigenvalue weighted by molar-refractivity contribution is 5.87. The first-order valence-corrected chi connectivity index (χ1v) is 7.35. The van der Waals surface area contributed by atoms with E-state index in [0.717, 1.165) is 17.5 Å². The third-order valence-electron chi connectivity index (χ3n) is 3.59. The molecule has 0 amide bonds. The molecule has 0 saturated heterocycles. The minimum Gasteiger partial charge on any atom is -0.478 e. The number of hydrogen-bond donors (Lipinski definition) is 3. The molecular formula is C18H21NO3. The summed E-state index contributed by atoms with van der Waals surface area (Å²) in [6, 6.07) is 16.6. The molecule has 0 saturated carbocycles. The molecule has 0 radical (unpaired) electrons. The average Bonchev–Trinajstić information content (AvgIpc) is 2.54. The van der Waals surface area contributed by atoms with Crippen molar-refractivity contribution in [2.24, 2.45) is 0 Å². The molecule has 0 aliphatic rings. The van der Waals surface area contributed by atoms with Gasteiger partial charge >= 0.3 is 5.97 Å². The van der Waals surface area contributed by atoms with E-state index in [9.17, 15) is 9.90 Å². The SMILES string of the molecule is C[C@H](Cc1ccc(C(=O)O)cc1)NC[C@H](O)c1ccccc1. The van der Waals surface area contributed by atoms with Crippen molar-refractivity contribution in [1.29, 1.82) is 0 Å². The lowest BCUT2D eigenvalue weighted by molar-refractivity contribution is 0.0697. The first kappa shape index (κ1) is 16.2. The van der Waals surface area contributed by atoms with Crippen molar-refractivity contribution in [3.05, 3.63) is 71.3 Å². The van der Waals surface area contributed by atoms with Crippen LogP contribution in [0.3, 0.4) is 0 Å². The zero-order valence-electron chi connectivity index (χ0n) is 12.6. The molecule has 0 aliphatic carbocycles. The summed E-state index contributed by atoms with van der Waals surface area (Å²) in [6.45, 7) is 2.53. The van der Waals surface area contributed by atoms with Gasteiger partial charge in [0.05, 0.1) is 11.7 Å². The van der Waals surface area contributed by atoms with E-state index in [4.69, 9.17) is 5.11 Å². The maximum absolute atomic E-state index is 10.8. The van der Waals surface area contributed by atoms with Crippen LogP contribution in [-0.2, 0) is 6.42 Å². The lowest BCUT2D eigenvalue weighted by Crippen LogP contribution is -2.32. The van der Waals surface area contributed by atoms with Crippen LogP contribution in [0.25, 0.3) is 0 Å². The van der Waals surface area contributed by atoms with Crippen LogP contribution in [0.15, 0.2) is 54.6 Å². The van der Waals surface area contributed by atoms with Crippen molar-refractivity contribution < 1.29 is 15.0 Å². The minimum atomic E-state index is -0.913. The molecule has 22 heavy (non-hydrogen) atoms. The Morgan fingerprint density at radius 1 is 1.09 bits per heavy atom. The van der Waals surface area contributed by atoms with E-state index >= 15 is 0 Å². The molecular weight excluding hydrogens is 278 g/mol. The van der Waals surface area contributed by atoms with Gasteiger partial charge < -0.3 is 15.5 Å². The van der Waals surface area contributed by atoms with Gasteiger partial charge in [-0.2, -0.15) is 0 Å². The molecule has 3 N–H and O–H groups in total. The number of hydrogen-bond acceptors (Lipinski definition) is 3. The molecule has 2 aromatic carbocycles. The number of carboxylic acids is 1. The molecule has 2 aromatic rings. The molecule has 0 bridgehead atoms. The molecule has 4 heteroatoms. The van der Waals surface area contributed by atoms with Crippen molar-refractivity contribution in [3.63, 3.8) is 0 Å². The van der Waals surface area contributed by atoms with Crippen LogP contribution in [-0.4, -0.2) is 28.8 Å². The lowest BCUT2D eigenvalue weighted by atomic mass is 10.0. The summed E-state index contributed by atoms with van der Waals surface area (Å²) in [5, 5.41) is 22.3. The van der Waals surface area contributed by atoms with Crippen LogP contribution in [0.4, 0.5) is 0 Å². The fourth-order valence-electron chi connectivity index (χ4n) is 2.31. The number of carboxylic acid groups (broad SMARTS) is 1. The summed E-state index contributed by atoms with van der Waals surface area (Å²) in [5.74, 6) is -0.913. The number of aliphatic hydroxyl groups is 1. The molecule has 0 heterocycles. The van der Waals surface area contributed by atoms with Gasteiger partial charge in [-0.1, -0.05) is 42.5 Å². The van der Waals surface area contributed by atoms with Crippen LogP contribution in [0.5, 0.6) is 0 Å². The summed E-state index contributed by atoms with van der Waals surface area (Å²) in [5.41, 5.74) is 2.26. The predicted molar refractivity (Wildman–Crippen MR) is 86.0 cm³/mol. The van der Waals surface area contributed by atoms with Crippen molar-refractivity contribution in [2.45, 2.75) is 25.5 Å². The van der Waals surface area contributed by atoms with Crippen molar-refractivity contribution in [1.82, 2.24) is 5.32 Å². The Kier molecular flexibility index (Phi) is 5.69. The van der Waals surface area contributed by atoms with Gasteiger partial charge in [-0.25, -0.2) is 4.79 Å². The summed E-state index contributed by atoms with van der Waals surface area (Å²) >= 11 is 0. The maximum Gasteiger partial charge on any atom is 0.335 e. The monoisotopic (exact) mass is 299 g/mol. The Hall–Kier alpha value is -2.17. The van der Waals surface area contributed by atoms with E-state index in [2.05, 4.69) is 5.32 Å². The number of nitrogens with one attached hydrogen (secondary N) is 1. The third-order valence-corrected chi connectivity index (χ3v) is 3.59. The van der Waals surface area contributed by atoms with Crippen molar-refractivity contribution >= 4 is 5.97 Å². The largest absolute Gasteiger partial charge is 0.478 e. The number of carbonyl (C=O) groups is 1. The van der Waals surface area contributed by atoms with Gasteiger partial charge in [-0.3, -0.25) is 0 Å². The molecule has 4 nitrogen and oxygen atoms in total.